The zero-order valence-electron chi connectivity index (χ0n) is 8.23. The van der Waals surface area contributed by atoms with E-state index in [1.54, 1.807) is 12.1 Å². The molecular weight excluding hydrogens is 194 g/mol. The number of carbonyl (C=O) groups excluding carboxylic acids is 1. The topological polar surface area (TPSA) is 75.4 Å². The van der Waals surface area contributed by atoms with Crippen LogP contribution >= 0.6 is 0 Å². The number of nitrogen functional groups attached to an aromatic ring is 1. The molecule has 0 saturated heterocycles. The summed E-state index contributed by atoms with van der Waals surface area (Å²) < 4.78 is 5.52. The van der Waals surface area contributed by atoms with Gasteiger partial charge in [0.25, 0.3) is 0 Å². The maximum Gasteiger partial charge on any atom is 0.123 e. The number of fused-ring (bicyclic) bond motifs is 1. The quantitative estimate of drug-likeness (QED) is 0.696. The van der Waals surface area contributed by atoms with Crippen LogP contribution in [0.2, 0.25) is 0 Å². The number of benzene rings is 1. The Kier molecular flexibility index (Phi) is 2.49. The van der Waals surface area contributed by atoms with Crippen LogP contribution in [0, 0.1) is 0 Å². The zero-order chi connectivity index (χ0) is 10.8. The van der Waals surface area contributed by atoms with E-state index in [1.165, 1.54) is 0 Å². The molecule has 0 saturated carbocycles. The second-order valence-electron chi connectivity index (χ2n) is 3.72. The molecule has 0 amide bonds. The van der Waals surface area contributed by atoms with Crippen molar-refractivity contribution in [1.82, 2.24) is 0 Å². The summed E-state index contributed by atoms with van der Waals surface area (Å²) in [7, 11) is 0. The number of hydrogen-bond donors (Lipinski definition) is 1. The lowest BCUT2D eigenvalue weighted by Gasteiger charge is -2.26. The van der Waals surface area contributed by atoms with Crippen LogP contribution < -0.4 is 15.6 Å². The Hall–Kier alpha value is -1.71. The first-order valence-electron chi connectivity index (χ1n) is 4.90. The highest BCUT2D eigenvalue weighted by Crippen LogP contribution is 2.29. The third-order valence-electron chi connectivity index (χ3n) is 2.51. The van der Waals surface area contributed by atoms with Crippen molar-refractivity contribution in [2.75, 3.05) is 5.73 Å². The monoisotopic (exact) mass is 206 g/mol. The Labute approximate surface area is 87.7 Å². The van der Waals surface area contributed by atoms with Gasteiger partial charge < -0.3 is 20.4 Å². The lowest BCUT2D eigenvalue weighted by atomic mass is 10.00. The molecule has 1 heterocycles. The Morgan fingerprint density at radius 2 is 2.40 bits per heavy atom. The van der Waals surface area contributed by atoms with E-state index >= 15 is 0 Å². The standard InChI is InChI=1S/C11H13NO3/c12-8-2-4-10-7(5-8)1-3-9(15-10)6-11(13)14/h2,4-5,9H,1,3,6,12H2,(H,13,14)/p-1. The molecule has 0 bridgehead atoms. The molecule has 1 unspecified atom stereocenters. The highest BCUT2D eigenvalue weighted by atomic mass is 16.5. The van der Waals surface area contributed by atoms with E-state index in [4.69, 9.17) is 10.5 Å². The fourth-order valence-corrected chi connectivity index (χ4v) is 1.79. The van der Waals surface area contributed by atoms with Gasteiger partial charge in [0, 0.05) is 18.1 Å². The van der Waals surface area contributed by atoms with Crippen molar-refractivity contribution in [3.8, 4) is 5.75 Å². The summed E-state index contributed by atoms with van der Waals surface area (Å²) in [5.74, 6) is -0.333. The van der Waals surface area contributed by atoms with Gasteiger partial charge >= 0.3 is 0 Å². The minimum absolute atomic E-state index is 0.0518. The van der Waals surface area contributed by atoms with Crippen molar-refractivity contribution >= 4 is 11.7 Å². The molecule has 1 aromatic carbocycles. The van der Waals surface area contributed by atoms with Gasteiger partial charge in [-0.1, -0.05) is 0 Å². The highest BCUT2D eigenvalue weighted by Gasteiger charge is 2.19. The Morgan fingerprint density at radius 1 is 1.60 bits per heavy atom. The Bertz CT molecular complexity index is 389. The molecule has 0 aliphatic carbocycles. The van der Waals surface area contributed by atoms with E-state index in [0.29, 0.717) is 12.1 Å². The van der Waals surface area contributed by atoms with Crippen LogP contribution in [0.15, 0.2) is 18.2 Å². The molecule has 1 atom stereocenters. The summed E-state index contributed by atoms with van der Waals surface area (Å²) in [6.45, 7) is 0. The predicted molar refractivity (Wildman–Crippen MR) is 53.2 cm³/mol. The number of anilines is 1. The molecule has 0 spiro atoms. The Morgan fingerprint density at radius 3 is 3.13 bits per heavy atom. The summed E-state index contributed by atoms with van der Waals surface area (Å²) in [4.78, 5) is 10.4. The smallest absolute Gasteiger partial charge is 0.123 e. The van der Waals surface area contributed by atoms with E-state index in [1.807, 2.05) is 6.07 Å². The van der Waals surface area contributed by atoms with Crippen LogP contribution in [0.4, 0.5) is 5.69 Å². The molecule has 2 rings (SSSR count). The lowest BCUT2D eigenvalue weighted by molar-refractivity contribution is -0.307. The van der Waals surface area contributed by atoms with Gasteiger partial charge in [0.1, 0.15) is 11.9 Å². The van der Waals surface area contributed by atoms with Crippen LogP contribution in [-0.2, 0) is 11.2 Å². The average Bonchev–Trinajstić information content (AvgIpc) is 2.17. The van der Waals surface area contributed by atoms with E-state index in [0.717, 1.165) is 17.7 Å². The fourth-order valence-electron chi connectivity index (χ4n) is 1.79. The number of carbonyl (C=O) groups is 1. The number of ether oxygens (including phenoxy) is 1. The number of carboxylic acids is 1. The largest absolute Gasteiger partial charge is 0.550 e. The molecule has 2 N–H and O–H groups in total. The van der Waals surface area contributed by atoms with Crippen molar-refractivity contribution in [1.29, 1.82) is 0 Å². The van der Waals surface area contributed by atoms with E-state index < -0.39 is 5.97 Å². The number of aliphatic carboxylic acids is 1. The van der Waals surface area contributed by atoms with Crippen molar-refractivity contribution in [2.45, 2.75) is 25.4 Å². The van der Waals surface area contributed by atoms with Gasteiger partial charge in [-0.3, -0.25) is 0 Å². The van der Waals surface area contributed by atoms with E-state index in [-0.39, 0.29) is 12.5 Å². The third-order valence-corrected chi connectivity index (χ3v) is 2.51. The number of carboxylic acid groups (broad SMARTS) is 1. The van der Waals surface area contributed by atoms with Crippen molar-refractivity contribution in [2.24, 2.45) is 0 Å². The molecule has 4 heteroatoms. The minimum Gasteiger partial charge on any atom is -0.550 e. The molecule has 1 aromatic rings. The molecular formula is C11H12NO3-. The third kappa shape index (κ3) is 2.21. The average molecular weight is 206 g/mol. The molecule has 1 aliphatic rings. The van der Waals surface area contributed by atoms with E-state index in [2.05, 4.69) is 0 Å². The number of hydrogen-bond acceptors (Lipinski definition) is 4. The first-order chi connectivity index (χ1) is 7.15. The van der Waals surface area contributed by atoms with Crippen LogP contribution in [-0.4, -0.2) is 12.1 Å². The summed E-state index contributed by atoms with van der Waals surface area (Å²) in [6.07, 6.45) is 1.18. The van der Waals surface area contributed by atoms with Gasteiger partial charge in [0.2, 0.25) is 0 Å². The van der Waals surface area contributed by atoms with Gasteiger partial charge in [-0.05, 0) is 36.6 Å². The summed E-state index contributed by atoms with van der Waals surface area (Å²) in [5, 5.41) is 10.4. The molecule has 15 heavy (non-hydrogen) atoms. The van der Waals surface area contributed by atoms with Crippen LogP contribution in [0.1, 0.15) is 18.4 Å². The molecule has 0 radical (unpaired) electrons. The maximum atomic E-state index is 10.4. The predicted octanol–water partition coefficient (Wildman–Crippen LogP) is 0.102. The van der Waals surface area contributed by atoms with Crippen molar-refractivity contribution < 1.29 is 14.6 Å². The number of aryl methyl sites for hydroxylation is 1. The van der Waals surface area contributed by atoms with Gasteiger partial charge in [-0.2, -0.15) is 0 Å². The maximum absolute atomic E-state index is 10.4. The minimum atomic E-state index is -1.07. The second-order valence-corrected chi connectivity index (χ2v) is 3.72. The van der Waals surface area contributed by atoms with E-state index in [9.17, 15) is 9.90 Å². The van der Waals surface area contributed by atoms with Gasteiger partial charge in [-0.25, -0.2) is 0 Å². The number of nitrogens with two attached hydrogens (primary N) is 1. The fraction of sp³-hybridized carbons (Fsp3) is 0.364. The first kappa shape index (κ1) is 9.83. The second kappa shape index (κ2) is 3.81. The normalized spacial score (nSPS) is 19.1. The van der Waals surface area contributed by atoms with Crippen LogP contribution in [0.3, 0.4) is 0 Å². The molecule has 4 nitrogen and oxygen atoms in total. The van der Waals surface area contributed by atoms with Crippen molar-refractivity contribution in [3.63, 3.8) is 0 Å². The summed E-state index contributed by atoms with van der Waals surface area (Å²) in [6, 6.07) is 5.40. The van der Waals surface area contributed by atoms with Gasteiger partial charge in [0.05, 0.1) is 0 Å². The molecule has 1 aliphatic heterocycles. The first-order valence-corrected chi connectivity index (χ1v) is 4.90. The van der Waals surface area contributed by atoms with Crippen LogP contribution in [0.25, 0.3) is 0 Å². The Balaban J connectivity index is 2.13. The van der Waals surface area contributed by atoms with Crippen LogP contribution in [0.5, 0.6) is 5.75 Å². The molecule has 0 aromatic heterocycles. The summed E-state index contributed by atoms with van der Waals surface area (Å²) in [5.41, 5.74) is 7.39. The highest BCUT2D eigenvalue weighted by molar-refractivity contribution is 5.65. The lowest BCUT2D eigenvalue weighted by Crippen LogP contribution is -2.32. The van der Waals surface area contributed by atoms with Gasteiger partial charge in [-0.15, -0.1) is 0 Å². The van der Waals surface area contributed by atoms with Gasteiger partial charge in [0.15, 0.2) is 0 Å². The number of rotatable bonds is 2. The molecule has 80 valence electrons. The zero-order valence-corrected chi connectivity index (χ0v) is 8.23. The van der Waals surface area contributed by atoms with Crippen molar-refractivity contribution in [3.05, 3.63) is 23.8 Å². The summed E-state index contributed by atoms with van der Waals surface area (Å²) >= 11 is 0. The molecule has 0 fully saturated rings. The SMILES string of the molecule is Nc1ccc2c(c1)CCC(CC(=O)[O-])O2.